The van der Waals surface area contributed by atoms with Gasteiger partial charge in [-0.1, -0.05) is 50.3 Å². The van der Waals surface area contributed by atoms with Crippen molar-refractivity contribution in [2.24, 2.45) is 16.1 Å². The molecule has 1 aliphatic rings. The van der Waals surface area contributed by atoms with Gasteiger partial charge in [-0.05, 0) is 17.7 Å². The van der Waals surface area contributed by atoms with E-state index in [1.807, 2.05) is 50.3 Å². The van der Waals surface area contributed by atoms with Gasteiger partial charge in [0.2, 0.25) is 5.91 Å². The van der Waals surface area contributed by atoms with E-state index in [2.05, 4.69) is 22.2 Å². The lowest BCUT2D eigenvalue weighted by Crippen LogP contribution is -2.55. The van der Waals surface area contributed by atoms with Gasteiger partial charge in [0.15, 0.2) is 0 Å². The van der Waals surface area contributed by atoms with Gasteiger partial charge in [0.25, 0.3) is 5.91 Å². The van der Waals surface area contributed by atoms with Crippen molar-refractivity contribution in [2.45, 2.75) is 26.3 Å². The molecule has 2 rings (SSSR count). The van der Waals surface area contributed by atoms with Gasteiger partial charge in [-0.15, -0.1) is 6.58 Å². The van der Waals surface area contributed by atoms with Crippen LogP contribution in [0.3, 0.4) is 0 Å². The Bertz CT molecular complexity index is 776. The molecule has 1 aliphatic heterocycles. The molecule has 1 aromatic carbocycles. The number of amides is 2. The first-order valence-corrected chi connectivity index (χ1v) is 8.32. The summed E-state index contributed by atoms with van der Waals surface area (Å²) in [4.78, 5) is 28.8. The molecule has 0 aromatic heterocycles. The number of carbonyl (C=O) groups is 2. The van der Waals surface area contributed by atoms with E-state index in [0.717, 1.165) is 11.9 Å². The van der Waals surface area contributed by atoms with Gasteiger partial charge >= 0.3 is 0 Å². The zero-order valence-electron chi connectivity index (χ0n) is 15.0. The highest BCUT2D eigenvalue weighted by atomic mass is 16.2. The smallest absolute Gasteiger partial charge is 0.268 e. The van der Waals surface area contributed by atoms with Crippen LogP contribution in [0.4, 0.5) is 0 Å². The summed E-state index contributed by atoms with van der Waals surface area (Å²) >= 11 is 0. The summed E-state index contributed by atoms with van der Waals surface area (Å²) in [6.07, 6.45) is 6.64. The SMILES string of the molecule is C=CC(C)(C)/C=C(\C=C1/NC(=O)C(Cc2ccccc2)NC1=O)N=CN. The molecular formula is C20H24N4O2. The van der Waals surface area contributed by atoms with Crippen molar-refractivity contribution in [1.82, 2.24) is 10.6 Å². The Morgan fingerprint density at radius 1 is 1.31 bits per heavy atom. The molecule has 1 saturated heterocycles. The molecule has 26 heavy (non-hydrogen) atoms. The van der Waals surface area contributed by atoms with E-state index in [9.17, 15) is 9.59 Å². The fraction of sp³-hybridized carbons (Fsp3) is 0.250. The molecule has 0 spiro atoms. The van der Waals surface area contributed by atoms with Crippen molar-refractivity contribution in [3.63, 3.8) is 0 Å². The maximum atomic E-state index is 12.4. The molecule has 1 aromatic rings. The Balaban J connectivity index is 2.19. The Labute approximate surface area is 153 Å². The van der Waals surface area contributed by atoms with Crippen molar-refractivity contribution in [1.29, 1.82) is 0 Å². The van der Waals surface area contributed by atoms with Gasteiger partial charge < -0.3 is 16.4 Å². The quantitative estimate of drug-likeness (QED) is 0.315. The number of hydrogen-bond acceptors (Lipinski definition) is 3. The first-order chi connectivity index (χ1) is 12.3. The van der Waals surface area contributed by atoms with Crippen LogP contribution < -0.4 is 16.4 Å². The van der Waals surface area contributed by atoms with Gasteiger partial charge in [0.1, 0.15) is 11.7 Å². The molecule has 0 bridgehead atoms. The van der Waals surface area contributed by atoms with E-state index < -0.39 is 6.04 Å². The Kier molecular flexibility index (Phi) is 6.11. The highest BCUT2D eigenvalue weighted by Gasteiger charge is 2.30. The maximum Gasteiger partial charge on any atom is 0.268 e. The maximum absolute atomic E-state index is 12.4. The second-order valence-corrected chi connectivity index (χ2v) is 6.64. The zero-order valence-corrected chi connectivity index (χ0v) is 15.0. The van der Waals surface area contributed by atoms with Crippen molar-refractivity contribution in [3.8, 4) is 0 Å². The number of piperazine rings is 1. The van der Waals surface area contributed by atoms with Crippen molar-refractivity contribution >= 4 is 18.2 Å². The van der Waals surface area contributed by atoms with Crippen LogP contribution in [0, 0.1) is 5.41 Å². The van der Waals surface area contributed by atoms with Crippen LogP contribution in [-0.2, 0) is 16.0 Å². The lowest BCUT2D eigenvalue weighted by Gasteiger charge is -2.25. The molecule has 1 atom stereocenters. The Hall–Kier alpha value is -3.15. The number of nitrogens with two attached hydrogens (primary N) is 1. The first-order valence-electron chi connectivity index (χ1n) is 8.32. The predicted octanol–water partition coefficient (Wildman–Crippen LogP) is 1.81. The van der Waals surface area contributed by atoms with E-state index in [1.165, 1.54) is 6.08 Å². The van der Waals surface area contributed by atoms with E-state index in [0.29, 0.717) is 12.1 Å². The van der Waals surface area contributed by atoms with Crippen molar-refractivity contribution < 1.29 is 9.59 Å². The first kappa shape index (κ1) is 19.2. The average Bonchev–Trinajstić information content (AvgIpc) is 2.60. The number of benzene rings is 1. The number of nitrogens with zero attached hydrogens (tertiary/aromatic N) is 1. The third kappa shape index (κ3) is 5.17. The normalized spacial score (nSPS) is 20.2. The van der Waals surface area contributed by atoms with Gasteiger partial charge in [-0.25, -0.2) is 4.99 Å². The molecule has 0 radical (unpaired) electrons. The monoisotopic (exact) mass is 352 g/mol. The molecular weight excluding hydrogens is 328 g/mol. The van der Waals surface area contributed by atoms with Crippen LogP contribution in [0.5, 0.6) is 0 Å². The zero-order chi connectivity index (χ0) is 19.2. The Morgan fingerprint density at radius 2 is 2.00 bits per heavy atom. The van der Waals surface area contributed by atoms with E-state index in [1.54, 1.807) is 6.08 Å². The third-order valence-corrected chi connectivity index (χ3v) is 3.97. The molecule has 1 fully saturated rings. The molecule has 0 saturated carbocycles. The fourth-order valence-electron chi connectivity index (χ4n) is 2.46. The molecule has 6 nitrogen and oxygen atoms in total. The van der Waals surface area contributed by atoms with Crippen LogP contribution in [0.1, 0.15) is 19.4 Å². The van der Waals surface area contributed by atoms with Gasteiger partial charge in [0.05, 0.1) is 12.0 Å². The summed E-state index contributed by atoms with van der Waals surface area (Å²) in [5.74, 6) is -0.626. The van der Waals surface area contributed by atoms with Crippen LogP contribution in [0.25, 0.3) is 0 Å². The summed E-state index contributed by atoms with van der Waals surface area (Å²) in [7, 11) is 0. The summed E-state index contributed by atoms with van der Waals surface area (Å²) < 4.78 is 0. The van der Waals surface area contributed by atoms with Crippen LogP contribution >= 0.6 is 0 Å². The van der Waals surface area contributed by atoms with E-state index in [4.69, 9.17) is 5.73 Å². The van der Waals surface area contributed by atoms with Gasteiger partial charge in [-0.2, -0.15) is 0 Å². The molecule has 2 amide bonds. The van der Waals surface area contributed by atoms with E-state index in [-0.39, 0.29) is 22.9 Å². The van der Waals surface area contributed by atoms with Gasteiger partial charge in [0, 0.05) is 11.8 Å². The molecule has 136 valence electrons. The Morgan fingerprint density at radius 3 is 2.62 bits per heavy atom. The molecule has 1 unspecified atom stereocenters. The lowest BCUT2D eigenvalue weighted by atomic mass is 9.92. The molecule has 6 heteroatoms. The second kappa shape index (κ2) is 8.29. The molecule has 1 heterocycles. The van der Waals surface area contributed by atoms with Crippen molar-refractivity contribution in [2.75, 3.05) is 0 Å². The number of aliphatic imine (C=N–C) groups is 1. The molecule has 0 aliphatic carbocycles. The summed E-state index contributed by atoms with van der Waals surface area (Å²) in [5.41, 5.74) is 6.62. The summed E-state index contributed by atoms with van der Waals surface area (Å²) in [6, 6.07) is 8.91. The van der Waals surface area contributed by atoms with Gasteiger partial charge in [-0.3, -0.25) is 9.59 Å². The second-order valence-electron chi connectivity index (χ2n) is 6.64. The summed E-state index contributed by atoms with van der Waals surface area (Å²) in [6.45, 7) is 7.66. The highest BCUT2D eigenvalue weighted by Crippen LogP contribution is 2.22. The number of carbonyl (C=O) groups excluding carboxylic acids is 2. The number of hydrogen-bond donors (Lipinski definition) is 3. The minimum atomic E-state index is -0.614. The topological polar surface area (TPSA) is 96.6 Å². The standard InChI is InChI=1S/C20H24N4O2/c1-4-20(2,3)12-15(22-13-21)11-17-19(26)23-16(18(25)24-17)10-14-8-6-5-7-9-14/h4-9,11-13,16H,1,10H2,2-3H3,(H2,21,22)(H,23,26)(H,24,25)/b15-12+,17-11-. The lowest BCUT2D eigenvalue weighted by molar-refractivity contribution is -0.131. The number of rotatable bonds is 6. The third-order valence-electron chi connectivity index (χ3n) is 3.97. The van der Waals surface area contributed by atoms with Crippen molar-refractivity contribution in [3.05, 3.63) is 72.1 Å². The van der Waals surface area contributed by atoms with Crippen LogP contribution in [-0.4, -0.2) is 24.2 Å². The van der Waals surface area contributed by atoms with E-state index >= 15 is 0 Å². The highest BCUT2D eigenvalue weighted by molar-refractivity contribution is 6.04. The minimum absolute atomic E-state index is 0.135. The molecule has 4 N–H and O–H groups in total. The fourth-order valence-corrected chi connectivity index (χ4v) is 2.46. The average molecular weight is 352 g/mol. The number of allylic oxidation sites excluding steroid dienone is 3. The minimum Gasteiger partial charge on any atom is -0.390 e. The predicted molar refractivity (Wildman–Crippen MR) is 103 cm³/mol. The number of nitrogens with one attached hydrogen (secondary N) is 2. The largest absolute Gasteiger partial charge is 0.390 e. The summed E-state index contributed by atoms with van der Waals surface area (Å²) in [5, 5.41) is 5.40. The van der Waals surface area contributed by atoms with Crippen LogP contribution in [0.15, 0.2) is 71.5 Å². The van der Waals surface area contributed by atoms with Crippen LogP contribution in [0.2, 0.25) is 0 Å².